The van der Waals surface area contributed by atoms with Crippen molar-refractivity contribution in [3.63, 3.8) is 0 Å². The average Bonchev–Trinajstić information content (AvgIpc) is 2.48. The molecule has 106 valence electrons. The Balaban J connectivity index is 1.98. The highest BCUT2D eigenvalue weighted by atomic mass is 79.9. The fourth-order valence-electron chi connectivity index (χ4n) is 1.52. The molecule has 0 heterocycles. The molecule has 0 bridgehead atoms. The van der Waals surface area contributed by atoms with Gasteiger partial charge in [-0.15, -0.1) is 0 Å². The Labute approximate surface area is 129 Å². The zero-order valence-electron chi connectivity index (χ0n) is 10.7. The summed E-state index contributed by atoms with van der Waals surface area (Å²) in [5, 5.41) is 10.5. The molecule has 0 fully saturated rings. The third-order valence-electron chi connectivity index (χ3n) is 2.55. The van der Waals surface area contributed by atoms with Gasteiger partial charge >= 0.3 is 5.97 Å². The SMILES string of the molecule is O=C(/C=C/c1ccc([N+](=O)[O-])cc1)Oc1ccc(Br)cc1. The summed E-state index contributed by atoms with van der Waals surface area (Å²) < 4.78 is 5.99. The van der Waals surface area contributed by atoms with Gasteiger partial charge in [0.05, 0.1) is 4.92 Å². The monoisotopic (exact) mass is 347 g/mol. The van der Waals surface area contributed by atoms with E-state index >= 15 is 0 Å². The van der Waals surface area contributed by atoms with Crippen LogP contribution in [0.2, 0.25) is 0 Å². The second kappa shape index (κ2) is 6.81. The van der Waals surface area contributed by atoms with E-state index in [1.807, 2.05) is 0 Å². The van der Waals surface area contributed by atoms with Gasteiger partial charge < -0.3 is 4.74 Å². The van der Waals surface area contributed by atoms with Crippen molar-refractivity contribution in [2.24, 2.45) is 0 Å². The van der Waals surface area contributed by atoms with E-state index in [9.17, 15) is 14.9 Å². The number of non-ortho nitro benzene ring substituents is 1. The van der Waals surface area contributed by atoms with Crippen molar-refractivity contribution in [2.75, 3.05) is 0 Å². The Kier molecular flexibility index (Phi) is 4.84. The molecule has 0 amide bonds. The van der Waals surface area contributed by atoms with Crippen LogP contribution < -0.4 is 4.74 Å². The van der Waals surface area contributed by atoms with Crippen LogP contribution in [0.4, 0.5) is 5.69 Å². The van der Waals surface area contributed by atoms with Crippen molar-refractivity contribution in [3.8, 4) is 5.75 Å². The molecule has 0 unspecified atom stereocenters. The average molecular weight is 348 g/mol. The molecular formula is C15H10BrNO4. The molecule has 0 aliphatic rings. The second-order valence-corrected chi connectivity index (χ2v) is 4.97. The Morgan fingerprint density at radius 2 is 1.71 bits per heavy atom. The summed E-state index contributed by atoms with van der Waals surface area (Å²) in [6.07, 6.45) is 2.80. The molecule has 0 spiro atoms. The number of benzene rings is 2. The van der Waals surface area contributed by atoms with E-state index in [0.29, 0.717) is 11.3 Å². The summed E-state index contributed by atoms with van der Waals surface area (Å²) in [5.74, 6) is -0.0766. The first-order valence-corrected chi connectivity index (χ1v) is 6.74. The molecule has 5 nitrogen and oxygen atoms in total. The Bertz CT molecular complexity index is 678. The molecule has 0 N–H and O–H groups in total. The molecule has 0 aliphatic carbocycles. The van der Waals surface area contributed by atoms with Crippen molar-refractivity contribution in [2.45, 2.75) is 0 Å². The van der Waals surface area contributed by atoms with Crippen molar-refractivity contribution in [1.82, 2.24) is 0 Å². The van der Waals surface area contributed by atoms with Gasteiger partial charge in [-0.1, -0.05) is 15.9 Å². The lowest BCUT2D eigenvalue weighted by Crippen LogP contribution is -2.03. The van der Waals surface area contributed by atoms with E-state index in [4.69, 9.17) is 4.74 Å². The van der Waals surface area contributed by atoms with Crippen LogP contribution >= 0.6 is 15.9 Å². The highest BCUT2D eigenvalue weighted by Crippen LogP contribution is 2.17. The van der Waals surface area contributed by atoms with Gasteiger partial charge in [0.2, 0.25) is 0 Å². The standard InChI is InChI=1S/C15H10BrNO4/c16-12-4-8-14(9-5-12)21-15(18)10-3-11-1-6-13(7-2-11)17(19)20/h1-10H/b10-3+. The van der Waals surface area contributed by atoms with E-state index in [2.05, 4.69) is 15.9 Å². The van der Waals surface area contributed by atoms with E-state index in [1.54, 1.807) is 36.4 Å². The minimum absolute atomic E-state index is 0.00425. The molecule has 0 saturated heterocycles. The highest BCUT2D eigenvalue weighted by Gasteiger charge is 2.03. The first-order valence-electron chi connectivity index (χ1n) is 5.94. The third kappa shape index (κ3) is 4.54. The van der Waals surface area contributed by atoms with Crippen LogP contribution in [0, 0.1) is 10.1 Å². The number of carbonyl (C=O) groups excluding carboxylic acids is 1. The van der Waals surface area contributed by atoms with Crippen LogP contribution in [-0.2, 0) is 4.79 Å². The second-order valence-electron chi connectivity index (χ2n) is 4.06. The van der Waals surface area contributed by atoms with Crippen LogP contribution in [0.1, 0.15) is 5.56 Å². The summed E-state index contributed by atoms with van der Waals surface area (Å²) in [4.78, 5) is 21.7. The Hall–Kier alpha value is -2.47. The van der Waals surface area contributed by atoms with E-state index in [1.165, 1.54) is 24.3 Å². The quantitative estimate of drug-likeness (QED) is 0.276. The molecule has 0 radical (unpaired) electrons. The number of carbonyl (C=O) groups is 1. The predicted octanol–water partition coefficient (Wildman–Crippen LogP) is 3.98. The molecule has 21 heavy (non-hydrogen) atoms. The summed E-state index contributed by atoms with van der Waals surface area (Å²) in [6, 6.07) is 12.7. The number of nitro benzene ring substituents is 1. The Morgan fingerprint density at radius 3 is 2.29 bits per heavy atom. The van der Waals surface area contributed by atoms with Crippen LogP contribution in [0.15, 0.2) is 59.1 Å². The normalized spacial score (nSPS) is 10.5. The van der Waals surface area contributed by atoms with Gasteiger partial charge in [-0.05, 0) is 48.0 Å². The molecule has 2 rings (SSSR count). The molecule has 2 aromatic rings. The summed E-state index contributed by atoms with van der Waals surface area (Å²) in [5.41, 5.74) is 0.679. The fourth-order valence-corrected chi connectivity index (χ4v) is 1.79. The topological polar surface area (TPSA) is 69.4 Å². The minimum Gasteiger partial charge on any atom is -0.423 e. The lowest BCUT2D eigenvalue weighted by atomic mass is 10.2. The molecule has 0 saturated carbocycles. The Morgan fingerprint density at radius 1 is 1.10 bits per heavy atom. The van der Waals surface area contributed by atoms with Gasteiger partial charge in [-0.3, -0.25) is 10.1 Å². The van der Waals surface area contributed by atoms with Crippen molar-refractivity contribution in [3.05, 3.63) is 74.8 Å². The first-order chi connectivity index (χ1) is 10.0. The van der Waals surface area contributed by atoms with Crippen molar-refractivity contribution < 1.29 is 14.5 Å². The largest absolute Gasteiger partial charge is 0.423 e. The molecule has 0 atom stereocenters. The minimum atomic E-state index is -0.518. The number of nitro groups is 1. The molecule has 2 aromatic carbocycles. The maximum Gasteiger partial charge on any atom is 0.336 e. The molecule has 0 aromatic heterocycles. The number of ether oxygens (including phenoxy) is 1. The number of nitrogens with zero attached hydrogens (tertiary/aromatic N) is 1. The van der Waals surface area contributed by atoms with Gasteiger partial charge in [0.15, 0.2) is 0 Å². The van der Waals surface area contributed by atoms with Gasteiger partial charge in [-0.25, -0.2) is 4.79 Å². The number of hydrogen-bond acceptors (Lipinski definition) is 4. The summed E-state index contributed by atoms with van der Waals surface area (Å²) in [6.45, 7) is 0. The maximum atomic E-state index is 11.6. The highest BCUT2D eigenvalue weighted by molar-refractivity contribution is 9.10. The summed E-state index contributed by atoms with van der Waals surface area (Å²) in [7, 11) is 0. The number of esters is 1. The van der Waals surface area contributed by atoms with Crippen LogP contribution in [0.3, 0.4) is 0 Å². The lowest BCUT2D eigenvalue weighted by molar-refractivity contribution is -0.384. The van der Waals surface area contributed by atoms with Crippen LogP contribution in [0.25, 0.3) is 6.08 Å². The fraction of sp³-hybridized carbons (Fsp3) is 0. The zero-order valence-corrected chi connectivity index (χ0v) is 12.3. The summed E-state index contributed by atoms with van der Waals surface area (Å²) >= 11 is 3.29. The lowest BCUT2D eigenvalue weighted by Gasteiger charge is -2.00. The predicted molar refractivity (Wildman–Crippen MR) is 81.9 cm³/mol. The van der Waals surface area contributed by atoms with Crippen molar-refractivity contribution >= 4 is 33.7 Å². The molecule has 0 aliphatic heterocycles. The zero-order chi connectivity index (χ0) is 15.2. The number of rotatable bonds is 4. The molecular weight excluding hydrogens is 338 g/mol. The first kappa shape index (κ1) is 14.9. The molecule has 6 heteroatoms. The maximum absolute atomic E-state index is 11.6. The number of hydrogen-bond donors (Lipinski definition) is 0. The van der Waals surface area contributed by atoms with E-state index in [0.717, 1.165) is 4.47 Å². The number of halogens is 1. The van der Waals surface area contributed by atoms with Crippen LogP contribution in [-0.4, -0.2) is 10.9 Å². The van der Waals surface area contributed by atoms with Gasteiger partial charge in [0, 0.05) is 22.7 Å². The van der Waals surface area contributed by atoms with Gasteiger partial charge in [-0.2, -0.15) is 0 Å². The van der Waals surface area contributed by atoms with E-state index in [-0.39, 0.29) is 5.69 Å². The van der Waals surface area contributed by atoms with Crippen LogP contribution in [0.5, 0.6) is 5.75 Å². The van der Waals surface area contributed by atoms with Gasteiger partial charge in [0.25, 0.3) is 5.69 Å². The van der Waals surface area contributed by atoms with Crippen molar-refractivity contribution in [1.29, 1.82) is 0 Å². The smallest absolute Gasteiger partial charge is 0.336 e. The van der Waals surface area contributed by atoms with Gasteiger partial charge in [0.1, 0.15) is 5.75 Å². The third-order valence-corrected chi connectivity index (χ3v) is 3.08. The van der Waals surface area contributed by atoms with E-state index < -0.39 is 10.9 Å².